The maximum absolute atomic E-state index is 5.69. The molecule has 1 unspecified atom stereocenters. The second kappa shape index (κ2) is 6.57. The Morgan fingerprint density at radius 2 is 1.95 bits per heavy atom. The van der Waals surface area contributed by atoms with Gasteiger partial charge in [0.25, 0.3) is 0 Å². The van der Waals surface area contributed by atoms with Crippen LogP contribution in [0.15, 0.2) is 36.8 Å². The van der Waals surface area contributed by atoms with Crippen LogP contribution in [0.3, 0.4) is 0 Å². The first-order chi connectivity index (χ1) is 9.61. The number of aromatic nitrogens is 2. The topological polar surface area (TPSA) is 39.1 Å². The number of nitrogens with one attached hydrogen (secondary N) is 1. The summed E-state index contributed by atoms with van der Waals surface area (Å²) < 4.78 is 7.73. The highest BCUT2D eigenvalue weighted by Gasteiger charge is 2.16. The molecule has 1 N–H and O–H groups in total. The van der Waals surface area contributed by atoms with E-state index in [0.29, 0.717) is 0 Å². The van der Waals surface area contributed by atoms with Crippen LogP contribution in [0.1, 0.15) is 38.1 Å². The van der Waals surface area contributed by atoms with Crippen molar-refractivity contribution in [1.29, 1.82) is 0 Å². The van der Waals surface area contributed by atoms with Gasteiger partial charge in [0.1, 0.15) is 5.75 Å². The zero-order chi connectivity index (χ0) is 14.5. The fourth-order valence-electron chi connectivity index (χ4n) is 2.25. The van der Waals surface area contributed by atoms with Crippen LogP contribution in [0.5, 0.6) is 5.75 Å². The summed E-state index contributed by atoms with van der Waals surface area (Å²) in [6.45, 7) is 7.08. The molecule has 108 valence electrons. The number of ether oxygens (including phenoxy) is 1. The zero-order valence-corrected chi connectivity index (χ0v) is 12.6. The Bertz CT molecular complexity index is 531. The average molecular weight is 273 g/mol. The van der Waals surface area contributed by atoms with Gasteiger partial charge in [-0.05, 0) is 38.1 Å². The first kappa shape index (κ1) is 14.6. The molecule has 0 fully saturated rings. The van der Waals surface area contributed by atoms with E-state index in [1.54, 1.807) is 0 Å². The van der Waals surface area contributed by atoms with E-state index in [4.69, 9.17) is 4.74 Å². The van der Waals surface area contributed by atoms with E-state index < -0.39 is 0 Å². The lowest BCUT2D eigenvalue weighted by Gasteiger charge is -2.19. The van der Waals surface area contributed by atoms with Gasteiger partial charge in [0, 0.05) is 7.05 Å². The predicted molar refractivity (Wildman–Crippen MR) is 80.9 cm³/mol. The summed E-state index contributed by atoms with van der Waals surface area (Å²) in [5.41, 5.74) is 2.37. The molecule has 1 aromatic heterocycles. The Kier molecular flexibility index (Phi) is 4.79. The summed E-state index contributed by atoms with van der Waals surface area (Å²) in [7, 11) is 2.02. The van der Waals surface area contributed by atoms with E-state index in [1.807, 2.05) is 50.1 Å². The SMILES string of the molecule is CCNC(c1ccc(OC(C)C)cc1)c1cncn1C. The van der Waals surface area contributed by atoms with Crippen molar-refractivity contribution in [2.24, 2.45) is 7.05 Å². The lowest BCUT2D eigenvalue weighted by atomic mass is 10.0. The highest BCUT2D eigenvalue weighted by molar-refractivity contribution is 5.33. The van der Waals surface area contributed by atoms with E-state index in [-0.39, 0.29) is 12.1 Å². The Labute approximate surface area is 120 Å². The molecule has 0 bridgehead atoms. The van der Waals surface area contributed by atoms with Gasteiger partial charge in [-0.2, -0.15) is 0 Å². The maximum atomic E-state index is 5.69. The average Bonchev–Trinajstić information content (AvgIpc) is 2.83. The molecule has 0 aliphatic rings. The molecule has 2 rings (SSSR count). The molecule has 1 heterocycles. The summed E-state index contributed by atoms with van der Waals surface area (Å²) in [4.78, 5) is 4.21. The molecule has 1 aromatic carbocycles. The third-order valence-corrected chi connectivity index (χ3v) is 3.14. The van der Waals surface area contributed by atoms with Crippen molar-refractivity contribution in [3.05, 3.63) is 48.0 Å². The molecule has 2 aromatic rings. The van der Waals surface area contributed by atoms with Gasteiger partial charge in [-0.15, -0.1) is 0 Å². The van der Waals surface area contributed by atoms with Gasteiger partial charge in [0.2, 0.25) is 0 Å². The van der Waals surface area contributed by atoms with Crippen LogP contribution < -0.4 is 10.1 Å². The Hall–Kier alpha value is -1.81. The molecular formula is C16H23N3O. The monoisotopic (exact) mass is 273 g/mol. The van der Waals surface area contributed by atoms with E-state index in [9.17, 15) is 0 Å². The molecule has 0 saturated carbocycles. The molecule has 4 heteroatoms. The number of aryl methyl sites for hydroxylation is 1. The number of nitrogens with zero attached hydrogens (tertiary/aromatic N) is 2. The fraction of sp³-hybridized carbons (Fsp3) is 0.438. The number of hydrogen-bond acceptors (Lipinski definition) is 3. The minimum Gasteiger partial charge on any atom is -0.491 e. The first-order valence-corrected chi connectivity index (χ1v) is 7.08. The Morgan fingerprint density at radius 1 is 1.25 bits per heavy atom. The summed E-state index contributed by atoms with van der Waals surface area (Å²) >= 11 is 0. The third-order valence-electron chi connectivity index (χ3n) is 3.14. The van der Waals surface area contributed by atoms with Crippen LogP contribution in [0.4, 0.5) is 0 Å². The molecule has 0 saturated heterocycles. The summed E-state index contributed by atoms with van der Waals surface area (Å²) in [5.74, 6) is 0.906. The highest BCUT2D eigenvalue weighted by Crippen LogP contribution is 2.24. The number of rotatable bonds is 6. The largest absolute Gasteiger partial charge is 0.491 e. The van der Waals surface area contributed by atoms with E-state index in [2.05, 4.69) is 29.4 Å². The zero-order valence-electron chi connectivity index (χ0n) is 12.6. The van der Waals surface area contributed by atoms with Crippen molar-refractivity contribution in [1.82, 2.24) is 14.9 Å². The van der Waals surface area contributed by atoms with Crippen LogP contribution in [-0.2, 0) is 7.05 Å². The molecule has 0 radical (unpaired) electrons. The number of imidazole rings is 1. The minimum absolute atomic E-state index is 0.153. The van der Waals surface area contributed by atoms with Crippen molar-refractivity contribution in [3.8, 4) is 5.75 Å². The maximum Gasteiger partial charge on any atom is 0.119 e. The standard InChI is InChI=1S/C16H23N3O/c1-5-18-16(15-10-17-11-19(15)4)13-6-8-14(9-7-13)20-12(2)3/h6-12,16,18H,5H2,1-4H3. The van der Waals surface area contributed by atoms with Gasteiger partial charge >= 0.3 is 0 Å². The first-order valence-electron chi connectivity index (χ1n) is 7.08. The van der Waals surface area contributed by atoms with Crippen LogP contribution >= 0.6 is 0 Å². The lowest BCUT2D eigenvalue weighted by Crippen LogP contribution is -2.23. The van der Waals surface area contributed by atoms with Gasteiger partial charge < -0.3 is 14.6 Å². The van der Waals surface area contributed by atoms with Gasteiger partial charge in [-0.1, -0.05) is 19.1 Å². The normalized spacial score (nSPS) is 12.7. The van der Waals surface area contributed by atoms with Gasteiger partial charge in [-0.25, -0.2) is 4.98 Å². The second-order valence-electron chi connectivity index (χ2n) is 5.16. The van der Waals surface area contributed by atoms with Crippen LogP contribution in [0.25, 0.3) is 0 Å². The van der Waals surface area contributed by atoms with Crippen molar-refractivity contribution >= 4 is 0 Å². The van der Waals surface area contributed by atoms with Crippen molar-refractivity contribution in [2.75, 3.05) is 6.54 Å². The molecule has 20 heavy (non-hydrogen) atoms. The highest BCUT2D eigenvalue weighted by atomic mass is 16.5. The molecule has 1 atom stereocenters. The summed E-state index contributed by atoms with van der Waals surface area (Å²) in [6.07, 6.45) is 3.93. The second-order valence-corrected chi connectivity index (χ2v) is 5.16. The molecule has 4 nitrogen and oxygen atoms in total. The van der Waals surface area contributed by atoms with E-state index in [0.717, 1.165) is 18.0 Å². The number of hydrogen-bond donors (Lipinski definition) is 1. The van der Waals surface area contributed by atoms with Crippen molar-refractivity contribution in [2.45, 2.75) is 32.9 Å². The van der Waals surface area contributed by atoms with Gasteiger partial charge in [0.15, 0.2) is 0 Å². The van der Waals surface area contributed by atoms with Crippen molar-refractivity contribution in [3.63, 3.8) is 0 Å². The smallest absolute Gasteiger partial charge is 0.119 e. The molecule has 0 aliphatic carbocycles. The summed E-state index contributed by atoms with van der Waals surface area (Å²) in [5, 5.41) is 3.50. The number of benzene rings is 1. The van der Waals surface area contributed by atoms with Gasteiger partial charge in [-0.3, -0.25) is 0 Å². The molecule has 0 aliphatic heterocycles. The van der Waals surface area contributed by atoms with Crippen LogP contribution in [-0.4, -0.2) is 22.2 Å². The molecular weight excluding hydrogens is 250 g/mol. The summed E-state index contributed by atoms with van der Waals surface area (Å²) in [6, 6.07) is 8.42. The fourth-order valence-corrected chi connectivity index (χ4v) is 2.25. The lowest BCUT2D eigenvalue weighted by molar-refractivity contribution is 0.242. The predicted octanol–water partition coefficient (Wildman–Crippen LogP) is 2.91. The van der Waals surface area contributed by atoms with Crippen molar-refractivity contribution < 1.29 is 4.74 Å². The van der Waals surface area contributed by atoms with Crippen LogP contribution in [0, 0.1) is 0 Å². The molecule has 0 spiro atoms. The minimum atomic E-state index is 0.153. The Balaban J connectivity index is 2.24. The van der Waals surface area contributed by atoms with Gasteiger partial charge in [0.05, 0.1) is 30.4 Å². The molecule has 0 amide bonds. The quantitative estimate of drug-likeness (QED) is 0.879. The van der Waals surface area contributed by atoms with E-state index in [1.165, 1.54) is 5.56 Å². The third kappa shape index (κ3) is 3.39. The van der Waals surface area contributed by atoms with Crippen LogP contribution in [0.2, 0.25) is 0 Å². The van der Waals surface area contributed by atoms with E-state index >= 15 is 0 Å². The Morgan fingerprint density at radius 3 is 2.45 bits per heavy atom.